The van der Waals surface area contributed by atoms with Gasteiger partial charge in [-0.15, -0.1) is 0 Å². The second-order valence-corrected chi connectivity index (χ2v) is 14.5. The molecule has 0 aliphatic rings. The lowest BCUT2D eigenvalue weighted by Crippen LogP contribution is -2.50. The number of carbonyl (C=O) groups is 1. The van der Waals surface area contributed by atoms with E-state index in [9.17, 15) is 28.0 Å². The van der Waals surface area contributed by atoms with Crippen LogP contribution < -0.4 is 5.32 Å². The number of unbranched alkanes of at least 4 members (excludes halogenated alkanes) is 20. The molecule has 0 spiro atoms. The number of nitrogens with one attached hydrogen (secondary N) is 1. The highest BCUT2D eigenvalue weighted by Crippen LogP contribution is 2.13. The van der Waals surface area contributed by atoms with Crippen molar-refractivity contribution in [3.8, 4) is 0 Å². The van der Waals surface area contributed by atoms with Crippen LogP contribution in [0.3, 0.4) is 0 Å². The Morgan fingerprint density at radius 1 is 0.587 bits per heavy atom. The van der Waals surface area contributed by atoms with Crippen LogP contribution in [-0.2, 0) is 14.9 Å². The lowest BCUT2D eigenvalue weighted by molar-refractivity contribution is -0.130. The molecule has 0 aliphatic heterocycles. The van der Waals surface area contributed by atoms with Crippen molar-refractivity contribution in [2.75, 3.05) is 5.75 Å². The van der Waals surface area contributed by atoms with Gasteiger partial charge >= 0.3 is 0 Å². The first kappa shape index (κ1) is 44.5. The van der Waals surface area contributed by atoms with Crippen molar-refractivity contribution in [3.05, 3.63) is 36.5 Å². The molecule has 0 bridgehead atoms. The van der Waals surface area contributed by atoms with Gasteiger partial charge in [0.2, 0.25) is 5.91 Å². The maximum Gasteiger partial charge on any atom is 0.267 e. The van der Waals surface area contributed by atoms with Gasteiger partial charge in [-0.05, 0) is 44.9 Å². The minimum Gasteiger partial charge on any atom is -0.387 e. The Morgan fingerprint density at radius 2 is 0.978 bits per heavy atom. The van der Waals surface area contributed by atoms with Crippen molar-refractivity contribution in [1.29, 1.82) is 0 Å². The Balaban J connectivity index is 4.11. The van der Waals surface area contributed by atoms with Gasteiger partial charge in [-0.2, -0.15) is 8.42 Å². The molecule has 3 atom stereocenters. The lowest BCUT2D eigenvalue weighted by Gasteiger charge is -2.22. The molecular weight excluding hydrogens is 598 g/mol. The van der Waals surface area contributed by atoms with Crippen LogP contribution in [0.1, 0.15) is 174 Å². The summed E-state index contributed by atoms with van der Waals surface area (Å²) in [6.07, 6.45) is 38.0. The molecule has 1 amide bonds. The van der Waals surface area contributed by atoms with Crippen molar-refractivity contribution in [3.63, 3.8) is 0 Å². The Hall–Kier alpha value is -1.48. The molecule has 0 rings (SSSR count). The number of amides is 1. The number of hydrogen-bond acceptors (Lipinski definition) is 5. The third-order valence-electron chi connectivity index (χ3n) is 8.40. The van der Waals surface area contributed by atoms with E-state index in [0.29, 0.717) is 12.8 Å². The van der Waals surface area contributed by atoms with Crippen LogP contribution in [0.15, 0.2) is 36.5 Å². The van der Waals surface area contributed by atoms with Crippen molar-refractivity contribution < 1.29 is 28.0 Å². The Labute approximate surface area is 283 Å². The molecule has 0 aromatic carbocycles. The van der Waals surface area contributed by atoms with Gasteiger partial charge in [0.1, 0.15) is 6.10 Å². The van der Waals surface area contributed by atoms with Crippen LogP contribution in [0.5, 0.6) is 0 Å². The molecular formula is C38H71NO6S. The molecule has 46 heavy (non-hydrogen) atoms. The third kappa shape index (κ3) is 31.1. The zero-order valence-corrected chi connectivity index (χ0v) is 30.4. The monoisotopic (exact) mass is 670 g/mol. The molecule has 0 saturated heterocycles. The first-order valence-corrected chi connectivity index (χ1v) is 20.4. The Kier molecular flexibility index (Phi) is 31.1. The molecule has 270 valence electrons. The maximum atomic E-state index is 12.5. The number of hydrogen-bond donors (Lipinski definition) is 4. The van der Waals surface area contributed by atoms with Crippen LogP contribution in [0.4, 0.5) is 0 Å². The summed E-state index contributed by atoms with van der Waals surface area (Å²) in [5, 5.41) is 23.2. The van der Waals surface area contributed by atoms with Crippen LogP contribution in [0, 0.1) is 0 Å². The number of aliphatic hydroxyl groups is 2. The smallest absolute Gasteiger partial charge is 0.267 e. The van der Waals surface area contributed by atoms with E-state index < -0.39 is 40.0 Å². The molecule has 0 aromatic heterocycles. The van der Waals surface area contributed by atoms with Gasteiger partial charge in [-0.1, -0.05) is 166 Å². The first-order valence-electron chi connectivity index (χ1n) is 18.8. The fourth-order valence-corrected chi connectivity index (χ4v) is 6.22. The van der Waals surface area contributed by atoms with Gasteiger partial charge in [0.25, 0.3) is 10.1 Å². The van der Waals surface area contributed by atoms with E-state index >= 15 is 0 Å². The van der Waals surface area contributed by atoms with E-state index in [1.54, 1.807) is 6.08 Å². The summed E-state index contributed by atoms with van der Waals surface area (Å²) in [6, 6.07) is -1.25. The van der Waals surface area contributed by atoms with E-state index in [4.69, 9.17) is 0 Å². The van der Waals surface area contributed by atoms with E-state index in [-0.39, 0.29) is 6.42 Å². The zero-order chi connectivity index (χ0) is 34.1. The fraction of sp³-hybridized carbons (Fsp3) is 0.816. The molecule has 3 unspecified atom stereocenters. The second kappa shape index (κ2) is 32.1. The molecule has 7 nitrogen and oxygen atoms in total. The predicted molar refractivity (Wildman–Crippen MR) is 195 cm³/mol. The lowest BCUT2D eigenvalue weighted by atomic mass is 10.0. The second-order valence-electron chi connectivity index (χ2n) is 13.0. The average Bonchev–Trinajstić information content (AvgIpc) is 3.01. The topological polar surface area (TPSA) is 124 Å². The predicted octanol–water partition coefficient (Wildman–Crippen LogP) is 9.54. The summed E-state index contributed by atoms with van der Waals surface area (Å²) in [4.78, 5) is 12.5. The minimum absolute atomic E-state index is 0.271. The SMILES string of the molecule is CCCCCCCCCCCCC/C=C/CC/C=C/CC/C=C/C(O)C(CS(=O)(=O)O)NC(=O)C(O)CCCCCCCCCC. The largest absolute Gasteiger partial charge is 0.387 e. The highest BCUT2D eigenvalue weighted by Gasteiger charge is 2.27. The summed E-state index contributed by atoms with van der Waals surface area (Å²) < 4.78 is 32.3. The maximum absolute atomic E-state index is 12.5. The van der Waals surface area contributed by atoms with Gasteiger partial charge in [0.05, 0.1) is 17.9 Å². The van der Waals surface area contributed by atoms with E-state index in [0.717, 1.165) is 44.9 Å². The number of allylic oxidation sites excluding steroid dienone is 5. The van der Waals surface area contributed by atoms with Crippen molar-refractivity contribution in [2.45, 2.75) is 193 Å². The standard InChI is InChI=1S/C38H71NO6S/c1-3-5-7-9-11-13-14-15-16-17-18-19-20-21-22-23-24-25-27-28-30-32-36(40)35(34-46(43,44)45)39-38(42)37(41)33-31-29-26-12-10-8-6-4-2/h20-21,24-25,30,32,35-37,40-41H,3-19,22-23,26-29,31,33-34H2,1-2H3,(H,39,42)(H,43,44,45)/b21-20+,25-24+,32-30+. The summed E-state index contributed by atoms with van der Waals surface area (Å²) in [6.45, 7) is 4.45. The fourth-order valence-electron chi connectivity index (χ4n) is 5.49. The number of rotatable bonds is 33. The van der Waals surface area contributed by atoms with Crippen molar-refractivity contribution in [2.24, 2.45) is 0 Å². The minimum atomic E-state index is -4.45. The van der Waals surface area contributed by atoms with E-state index in [2.05, 4.69) is 43.5 Å². The zero-order valence-electron chi connectivity index (χ0n) is 29.6. The van der Waals surface area contributed by atoms with Gasteiger partial charge < -0.3 is 15.5 Å². The molecule has 0 heterocycles. The van der Waals surface area contributed by atoms with Crippen molar-refractivity contribution in [1.82, 2.24) is 5.32 Å². The average molecular weight is 670 g/mol. The van der Waals surface area contributed by atoms with Crippen LogP contribution in [0.25, 0.3) is 0 Å². The normalized spacial score (nSPS) is 14.5. The molecule has 0 aromatic rings. The van der Waals surface area contributed by atoms with Crippen LogP contribution >= 0.6 is 0 Å². The molecule has 8 heteroatoms. The van der Waals surface area contributed by atoms with Gasteiger partial charge in [0.15, 0.2) is 0 Å². The van der Waals surface area contributed by atoms with Crippen molar-refractivity contribution >= 4 is 16.0 Å². The summed E-state index contributed by atoms with van der Waals surface area (Å²) >= 11 is 0. The third-order valence-corrected chi connectivity index (χ3v) is 9.19. The summed E-state index contributed by atoms with van der Waals surface area (Å²) in [5.74, 6) is -1.57. The molecule has 0 saturated carbocycles. The Bertz CT molecular complexity index is 886. The molecule has 0 fully saturated rings. The molecule has 0 aliphatic carbocycles. The highest BCUT2D eigenvalue weighted by molar-refractivity contribution is 7.85. The number of carbonyl (C=O) groups excluding carboxylic acids is 1. The summed E-state index contributed by atoms with van der Waals surface area (Å²) in [7, 11) is -4.45. The Morgan fingerprint density at radius 3 is 1.43 bits per heavy atom. The van der Waals surface area contributed by atoms with E-state index in [1.807, 2.05) is 0 Å². The van der Waals surface area contributed by atoms with Gasteiger partial charge in [-0.3, -0.25) is 9.35 Å². The van der Waals surface area contributed by atoms with Gasteiger partial charge in [-0.25, -0.2) is 0 Å². The molecule has 0 radical (unpaired) electrons. The highest BCUT2D eigenvalue weighted by atomic mass is 32.2. The molecule has 4 N–H and O–H groups in total. The van der Waals surface area contributed by atoms with Crippen LogP contribution in [0.2, 0.25) is 0 Å². The van der Waals surface area contributed by atoms with Gasteiger partial charge in [0, 0.05) is 0 Å². The van der Waals surface area contributed by atoms with E-state index in [1.165, 1.54) is 102 Å². The summed E-state index contributed by atoms with van der Waals surface area (Å²) in [5.41, 5.74) is 0. The first-order chi connectivity index (χ1) is 22.2. The number of aliphatic hydroxyl groups excluding tert-OH is 2. The quantitative estimate of drug-likeness (QED) is 0.0313. The van der Waals surface area contributed by atoms with Crippen LogP contribution in [-0.4, -0.2) is 53.1 Å².